The Kier molecular flexibility index (Phi) is 7.93. The molecule has 2 aliphatic rings. The number of carboxylic acids is 1. The molecule has 2 aromatic carbocycles. The van der Waals surface area contributed by atoms with Crippen molar-refractivity contribution in [2.45, 2.75) is 26.1 Å². The van der Waals surface area contributed by atoms with Crippen LogP contribution in [0.25, 0.3) is 0 Å². The van der Waals surface area contributed by atoms with Crippen molar-refractivity contribution in [1.82, 2.24) is 4.90 Å². The summed E-state index contributed by atoms with van der Waals surface area (Å²) in [5.74, 6) is -2.96. The molecule has 0 saturated carbocycles. The first-order chi connectivity index (χ1) is 16.0. The van der Waals surface area contributed by atoms with Crippen LogP contribution >= 0.6 is 0 Å². The van der Waals surface area contributed by atoms with Crippen molar-refractivity contribution >= 4 is 17.6 Å². The number of hydrogen-bond acceptors (Lipinski definition) is 4. The molecule has 0 aliphatic carbocycles. The predicted molar refractivity (Wildman–Crippen MR) is 117 cm³/mol. The molecule has 10 heteroatoms. The summed E-state index contributed by atoms with van der Waals surface area (Å²) in [6.07, 6.45) is -4.62. The second-order valence-corrected chi connectivity index (χ2v) is 8.63. The lowest BCUT2D eigenvalue weighted by atomic mass is 9.87. The molecule has 1 spiro atoms. The lowest BCUT2D eigenvalue weighted by molar-refractivity contribution is -0.192. The quantitative estimate of drug-likeness (QED) is 0.670. The van der Waals surface area contributed by atoms with Crippen molar-refractivity contribution in [2.24, 2.45) is 5.41 Å². The van der Waals surface area contributed by atoms with Gasteiger partial charge >= 0.3 is 12.1 Å². The van der Waals surface area contributed by atoms with Gasteiger partial charge in [-0.3, -0.25) is 9.69 Å². The average molecular weight is 482 g/mol. The van der Waals surface area contributed by atoms with Crippen molar-refractivity contribution in [3.8, 4) is 0 Å². The van der Waals surface area contributed by atoms with Gasteiger partial charge in [0.15, 0.2) is 0 Å². The number of hydrogen-bond donors (Lipinski definition) is 1. The molecule has 0 radical (unpaired) electrons. The average Bonchev–Trinajstić information content (AvgIpc) is 2.95. The molecule has 184 valence electrons. The third-order valence-electron chi connectivity index (χ3n) is 5.88. The van der Waals surface area contributed by atoms with Crippen molar-refractivity contribution in [3.05, 3.63) is 65.5 Å². The monoisotopic (exact) mass is 482 g/mol. The minimum Gasteiger partial charge on any atom is -0.475 e. The Bertz CT molecular complexity index is 1010. The molecule has 1 N–H and O–H groups in total. The van der Waals surface area contributed by atoms with E-state index in [4.69, 9.17) is 14.6 Å². The SMILES string of the molecule is Cc1ccccc1CN1CCOCC2(CC(=O)N(c3ccc(F)cc3)C2)C1.O=C(O)C(F)(F)F. The highest BCUT2D eigenvalue weighted by molar-refractivity contribution is 5.96. The molecule has 2 saturated heterocycles. The number of alkyl halides is 3. The van der Waals surface area contributed by atoms with Gasteiger partial charge in [-0.2, -0.15) is 13.2 Å². The number of aryl methyl sites for hydroxylation is 1. The van der Waals surface area contributed by atoms with Crippen molar-refractivity contribution in [1.29, 1.82) is 0 Å². The van der Waals surface area contributed by atoms with Gasteiger partial charge in [-0.1, -0.05) is 24.3 Å². The Morgan fingerprint density at radius 1 is 1.12 bits per heavy atom. The van der Waals surface area contributed by atoms with Gasteiger partial charge in [0.2, 0.25) is 5.91 Å². The largest absolute Gasteiger partial charge is 0.490 e. The Morgan fingerprint density at radius 3 is 2.38 bits per heavy atom. The Morgan fingerprint density at radius 2 is 1.76 bits per heavy atom. The van der Waals surface area contributed by atoms with Gasteiger partial charge in [0.05, 0.1) is 13.2 Å². The summed E-state index contributed by atoms with van der Waals surface area (Å²) < 4.78 is 50.9. The molecule has 0 aromatic heterocycles. The summed E-state index contributed by atoms with van der Waals surface area (Å²) in [6, 6.07) is 14.6. The third-order valence-corrected chi connectivity index (χ3v) is 5.88. The molecule has 2 aliphatic heterocycles. The third kappa shape index (κ3) is 6.54. The summed E-state index contributed by atoms with van der Waals surface area (Å²) in [7, 11) is 0. The zero-order valence-electron chi connectivity index (χ0n) is 18.6. The summed E-state index contributed by atoms with van der Waals surface area (Å²) in [4.78, 5) is 25.8. The molecule has 0 bridgehead atoms. The molecule has 2 aromatic rings. The maximum absolute atomic E-state index is 13.2. The van der Waals surface area contributed by atoms with Gasteiger partial charge in [-0.15, -0.1) is 0 Å². The molecule has 1 amide bonds. The molecule has 4 rings (SSSR count). The maximum atomic E-state index is 13.2. The highest BCUT2D eigenvalue weighted by atomic mass is 19.4. The lowest BCUT2D eigenvalue weighted by Crippen LogP contribution is -2.40. The van der Waals surface area contributed by atoms with Crippen LogP contribution in [0, 0.1) is 18.2 Å². The molecule has 1 unspecified atom stereocenters. The van der Waals surface area contributed by atoms with E-state index >= 15 is 0 Å². The summed E-state index contributed by atoms with van der Waals surface area (Å²) in [5.41, 5.74) is 3.14. The summed E-state index contributed by atoms with van der Waals surface area (Å²) in [5, 5.41) is 7.12. The second-order valence-electron chi connectivity index (χ2n) is 8.63. The number of aliphatic carboxylic acids is 1. The fraction of sp³-hybridized carbons (Fsp3) is 0.417. The Balaban J connectivity index is 0.000000406. The van der Waals surface area contributed by atoms with E-state index < -0.39 is 12.1 Å². The highest BCUT2D eigenvalue weighted by Gasteiger charge is 2.46. The van der Waals surface area contributed by atoms with Gasteiger partial charge < -0.3 is 14.7 Å². The van der Waals surface area contributed by atoms with Crippen LogP contribution in [0.2, 0.25) is 0 Å². The number of benzene rings is 2. The van der Waals surface area contributed by atoms with E-state index in [1.807, 2.05) is 0 Å². The molecule has 2 fully saturated rings. The topological polar surface area (TPSA) is 70.1 Å². The van der Waals surface area contributed by atoms with E-state index in [0.29, 0.717) is 26.2 Å². The summed E-state index contributed by atoms with van der Waals surface area (Å²) >= 11 is 0. The predicted octanol–water partition coefficient (Wildman–Crippen LogP) is 4.02. The number of carbonyl (C=O) groups is 2. The van der Waals surface area contributed by atoms with Gasteiger partial charge in [0.1, 0.15) is 5.82 Å². The van der Waals surface area contributed by atoms with E-state index in [9.17, 15) is 22.4 Å². The van der Waals surface area contributed by atoms with Crippen LogP contribution < -0.4 is 4.90 Å². The van der Waals surface area contributed by atoms with E-state index in [0.717, 1.165) is 25.3 Å². The number of anilines is 1. The minimum absolute atomic E-state index is 0.0861. The fourth-order valence-electron chi connectivity index (χ4n) is 4.20. The first-order valence-electron chi connectivity index (χ1n) is 10.7. The minimum atomic E-state index is -5.08. The molecular formula is C24H26F4N2O4. The van der Waals surface area contributed by atoms with Crippen molar-refractivity contribution in [2.75, 3.05) is 37.7 Å². The Hall–Kier alpha value is -2.98. The van der Waals surface area contributed by atoms with Crippen LogP contribution in [0.4, 0.5) is 23.2 Å². The van der Waals surface area contributed by atoms with Gasteiger partial charge in [0, 0.05) is 43.7 Å². The number of ether oxygens (including phenoxy) is 1. The maximum Gasteiger partial charge on any atom is 0.490 e. The second kappa shape index (κ2) is 10.5. The first kappa shape index (κ1) is 25.6. The number of carbonyl (C=O) groups excluding carboxylic acids is 1. The van der Waals surface area contributed by atoms with Crippen LogP contribution in [0.5, 0.6) is 0 Å². The lowest BCUT2D eigenvalue weighted by Gasteiger charge is -2.31. The van der Waals surface area contributed by atoms with Gasteiger partial charge in [-0.25, -0.2) is 9.18 Å². The van der Waals surface area contributed by atoms with Crippen LogP contribution in [-0.2, 0) is 20.9 Å². The van der Waals surface area contributed by atoms with E-state index in [1.165, 1.54) is 23.3 Å². The normalized spacial score (nSPS) is 21.2. The Labute approximate surface area is 194 Å². The van der Waals surface area contributed by atoms with Crippen LogP contribution in [0.3, 0.4) is 0 Å². The van der Waals surface area contributed by atoms with Crippen molar-refractivity contribution < 1.29 is 37.0 Å². The van der Waals surface area contributed by atoms with Gasteiger partial charge in [-0.05, 0) is 42.3 Å². The zero-order chi connectivity index (χ0) is 24.9. The number of amides is 1. The van der Waals surface area contributed by atoms with E-state index in [2.05, 4.69) is 36.1 Å². The molecule has 2 heterocycles. The van der Waals surface area contributed by atoms with Crippen LogP contribution in [0.1, 0.15) is 17.5 Å². The van der Waals surface area contributed by atoms with E-state index in [-0.39, 0.29) is 17.1 Å². The van der Waals surface area contributed by atoms with Crippen molar-refractivity contribution in [3.63, 3.8) is 0 Å². The molecular weight excluding hydrogens is 456 g/mol. The number of carboxylic acid groups (broad SMARTS) is 1. The number of rotatable bonds is 3. The van der Waals surface area contributed by atoms with Crippen LogP contribution in [-0.4, -0.2) is 60.9 Å². The number of nitrogens with zero attached hydrogens (tertiary/aromatic N) is 2. The standard InChI is InChI=1S/C22H25FN2O2.C2HF3O2/c1-17-4-2-3-5-18(17)13-24-10-11-27-16-22(14-24)12-21(26)25(15-22)20-8-6-19(23)7-9-20;3-2(4,5)1(6)7/h2-9H,10-16H2,1H3;(H,6,7). The zero-order valence-corrected chi connectivity index (χ0v) is 18.6. The molecule has 6 nitrogen and oxygen atoms in total. The summed E-state index contributed by atoms with van der Waals surface area (Å²) in [6.45, 7) is 6.56. The highest BCUT2D eigenvalue weighted by Crippen LogP contribution is 2.37. The van der Waals surface area contributed by atoms with Crippen LogP contribution in [0.15, 0.2) is 48.5 Å². The number of halogens is 4. The first-order valence-corrected chi connectivity index (χ1v) is 10.7. The fourth-order valence-corrected chi connectivity index (χ4v) is 4.20. The van der Waals surface area contributed by atoms with Gasteiger partial charge in [0.25, 0.3) is 0 Å². The molecule has 1 atom stereocenters. The van der Waals surface area contributed by atoms with E-state index in [1.54, 1.807) is 17.0 Å². The smallest absolute Gasteiger partial charge is 0.475 e. The molecule has 34 heavy (non-hydrogen) atoms.